The van der Waals surface area contributed by atoms with Crippen molar-refractivity contribution in [2.45, 2.75) is 0 Å². The fourth-order valence-electron chi connectivity index (χ4n) is 3.26. The second-order valence-electron chi connectivity index (χ2n) is 6.46. The van der Waals surface area contributed by atoms with Gasteiger partial charge in [-0.25, -0.2) is 9.97 Å². The maximum atomic E-state index is 12.3. The number of aromatic nitrogens is 2. The van der Waals surface area contributed by atoms with Gasteiger partial charge in [-0.15, -0.1) is 0 Å². The van der Waals surface area contributed by atoms with Crippen molar-refractivity contribution in [3.63, 3.8) is 0 Å². The van der Waals surface area contributed by atoms with E-state index in [-0.39, 0.29) is 18.1 Å². The van der Waals surface area contributed by atoms with Gasteiger partial charge in [0.05, 0.1) is 12.1 Å². The molecule has 0 aliphatic carbocycles. The molecule has 3 aromatic rings. The molecule has 7 nitrogen and oxygen atoms in total. The summed E-state index contributed by atoms with van der Waals surface area (Å²) in [6.07, 6.45) is 0. The van der Waals surface area contributed by atoms with Crippen molar-refractivity contribution in [1.29, 1.82) is 0 Å². The van der Waals surface area contributed by atoms with Gasteiger partial charge in [-0.05, 0) is 5.56 Å². The van der Waals surface area contributed by atoms with Crippen molar-refractivity contribution in [3.05, 3.63) is 66.4 Å². The Balaban J connectivity index is 1.97. The number of piperazine rings is 1. The molecule has 2 heterocycles. The van der Waals surface area contributed by atoms with E-state index in [1.165, 1.54) is 0 Å². The predicted molar refractivity (Wildman–Crippen MR) is 107 cm³/mol. The number of carbonyl (C=O) groups is 2. The molecule has 1 aromatic heterocycles. The molecule has 140 valence electrons. The van der Waals surface area contributed by atoms with E-state index in [2.05, 4.69) is 10.3 Å². The molecule has 0 saturated carbocycles. The van der Waals surface area contributed by atoms with Crippen LogP contribution in [-0.4, -0.2) is 41.4 Å². The van der Waals surface area contributed by atoms with Gasteiger partial charge in [0.2, 0.25) is 5.91 Å². The minimum absolute atomic E-state index is 0.0919. The van der Waals surface area contributed by atoms with E-state index in [1.807, 2.05) is 65.6 Å². The SMILES string of the molecule is NC(=O)c1nc(-c2ccccc2)nc(N2CCNC(=O)C2)c1-c1ccccc1. The summed E-state index contributed by atoms with van der Waals surface area (Å²) in [6, 6.07) is 18.8. The third-order valence-electron chi connectivity index (χ3n) is 4.56. The maximum absolute atomic E-state index is 12.3. The smallest absolute Gasteiger partial charge is 0.268 e. The topological polar surface area (TPSA) is 101 Å². The molecule has 1 aliphatic heterocycles. The van der Waals surface area contributed by atoms with Crippen molar-refractivity contribution in [2.75, 3.05) is 24.5 Å². The van der Waals surface area contributed by atoms with Crippen LogP contribution in [0.1, 0.15) is 10.5 Å². The standard InChI is InChI=1S/C21H19N5O2/c22-19(28)18-17(14-7-3-1-4-8-14)21(26-12-11-23-16(27)13-26)25-20(24-18)15-9-5-2-6-10-15/h1-10H,11-13H2,(H2,22,28)(H,23,27). The van der Waals surface area contributed by atoms with Crippen molar-refractivity contribution in [2.24, 2.45) is 5.73 Å². The highest BCUT2D eigenvalue weighted by atomic mass is 16.2. The molecule has 0 bridgehead atoms. The molecule has 2 amide bonds. The highest BCUT2D eigenvalue weighted by Gasteiger charge is 2.26. The molecule has 3 N–H and O–H groups in total. The molecule has 4 rings (SSSR count). The number of benzene rings is 2. The van der Waals surface area contributed by atoms with E-state index in [0.29, 0.717) is 30.3 Å². The average Bonchev–Trinajstić information content (AvgIpc) is 2.74. The molecule has 1 aliphatic rings. The minimum atomic E-state index is -0.638. The zero-order chi connectivity index (χ0) is 19.5. The first-order valence-corrected chi connectivity index (χ1v) is 8.98. The molecular formula is C21H19N5O2. The fourth-order valence-corrected chi connectivity index (χ4v) is 3.26. The second kappa shape index (κ2) is 7.48. The first-order valence-electron chi connectivity index (χ1n) is 8.98. The number of anilines is 1. The van der Waals surface area contributed by atoms with Crippen molar-refractivity contribution >= 4 is 17.6 Å². The maximum Gasteiger partial charge on any atom is 0.268 e. The Morgan fingerprint density at radius 3 is 2.21 bits per heavy atom. The summed E-state index contributed by atoms with van der Waals surface area (Å²) in [4.78, 5) is 35.4. The Bertz CT molecular complexity index is 1020. The number of nitrogens with one attached hydrogen (secondary N) is 1. The van der Waals surface area contributed by atoms with Gasteiger partial charge in [0, 0.05) is 18.7 Å². The first-order chi connectivity index (χ1) is 13.6. The lowest BCUT2D eigenvalue weighted by Crippen LogP contribution is -2.48. The van der Waals surface area contributed by atoms with E-state index in [1.54, 1.807) is 0 Å². The third-order valence-corrected chi connectivity index (χ3v) is 4.56. The van der Waals surface area contributed by atoms with Gasteiger partial charge in [0.1, 0.15) is 11.5 Å². The minimum Gasteiger partial charge on any atom is -0.364 e. The number of nitrogens with zero attached hydrogens (tertiary/aromatic N) is 3. The molecule has 28 heavy (non-hydrogen) atoms. The number of carbonyl (C=O) groups excluding carboxylic acids is 2. The highest BCUT2D eigenvalue weighted by Crippen LogP contribution is 2.34. The highest BCUT2D eigenvalue weighted by molar-refractivity contribution is 6.02. The zero-order valence-electron chi connectivity index (χ0n) is 15.1. The largest absolute Gasteiger partial charge is 0.364 e. The quantitative estimate of drug-likeness (QED) is 0.727. The summed E-state index contributed by atoms with van der Waals surface area (Å²) in [6.45, 7) is 1.24. The Kier molecular flexibility index (Phi) is 4.72. The normalized spacial score (nSPS) is 13.9. The number of rotatable bonds is 4. The van der Waals surface area contributed by atoms with Gasteiger partial charge >= 0.3 is 0 Å². The van der Waals surface area contributed by atoms with E-state index >= 15 is 0 Å². The molecule has 0 spiro atoms. The van der Waals surface area contributed by atoms with Crippen LogP contribution in [0, 0.1) is 0 Å². The molecule has 2 aromatic carbocycles. The van der Waals surface area contributed by atoms with Gasteiger partial charge in [-0.2, -0.15) is 0 Å². The summed E-state index contributed by atoms with van der Waals surface area (Å²) in [7, 11) is 0. The Morgan fingerprint density at radius 2 is 1.61 bits per heavy atom. The lowest BCUT2D eigenvalue weighted by Gasteiger charge is -2.30. The van der Waals surface area contributed by atoms with Crippen LogP contribution in [0.2, 0.25) is 0 Å². The van der Waals surface area contributed by atoms with Crippen molar-refractivity contribution < 1.29 is 9.59 Å². The number of amides is 2. The molecule has 0 unspecified atom stereocenters. The molecule has 7 heteroatoms. The molecule has 0 atom stereocenters. The summed E-state index contributed by atoms with van der Waals surface area (Å²) < 4.78 is 0. The number of primary amides is 1. The summed E-state index contributed by atoms with van der Waals surface area (Å²) in [5.41, 5.74) is 7.93. The Labute approximate surface area is 162 Å². The van der Waals surface area contributed by atoms with Gasteiger partial charge < -0.3 is 16.0 Å². The van der Waals surface area contributed by atoms with Crippen LogP contribution in [0.15, 0.2) is 60.7 Å². The fraction of sp³-hybridized carbons (Fsp3) is 0.143. The van der Waals surface area contributed by atoms with Gasteiger partial charge in [-0.3, -0.25) is 9.59 Å². The van der Waals surface area contributed by atoms with Crippen LogP contribution in [0.5, 0.6) is 0 Å². The molecular weight excluding hydrogens is 354 g/mol. The molecule has 0 radical (unpaired) electrons. The van der Waals surface area contributed by atoms with Crippen LogP contribution >= 0.6 is 0 Å². The molecule has 1 fully saturated rings. The zero-order valence-corrected chi connectivity index (χ0v) is 15.1. The van der Waals surface area contributed by atoms with Crippen molar-refractivity contribution in [3.8, 4) is 22.5 Å². The summed E-state index contributed by atoms with van der Waals surface area (Å²) >= 11 is 0. The van der Waals surface area contributed by atoms with Gasteiger partial charge in [0.25, 0.3) is 5.91 Å². The number of hydrogen-bond acceptors (Lipinski definition) is 5. The second-order valence-corrected chi connectivity index (χ2v) is 6.46. The van der Waals surface area contributed by atoms with E-state index in [0.717, 1.165) is 11.1 Å². The van der Waals surface area contributed by atoms with E-state index < -0.39 is 5.91 Å². The lowest BCUT2D eigenvalue weighted by molar-refractivity contribution is -0.120. The van der Waals surface area contributed by atoms with Gasteiger partial charge in [-0.1, -0.05) is 60.7 Å². The third kappa shape index (κ3) is 3.42. The first kappa shape index (κ1) is 17.7. The predicted octanol–water partition coefficient (Wildman–Crippen LogP) is 1.85. The lowest BCUT2D eigenvalue weighted by atomic mass is 10.0. The van der Waals surface area contributed by atoms with E-state index in [9.17, 15) is 9.59 Å². The Hall–Kier alpha value is -3.74. The number of hydrogen-bond donors (Lipinski definition) is 2. The molecule has 1 saturated heterocycles. The monoisotopic (exact) mass is 373 g/mol. The van der Waals surface area contributed by atoms with Crippen molar-refractivity contribution in [1.82, 2.24) is 15.3 Å². The van der Waals surface area contributed by atoms with Crippen LogP contribution in [0.25, 0.3) is 22.5 Å². The summed E-state index contributed by atoms with van der Waals surface area (Å²) in [5.74, 6) is 0.200. The number of nitrogens with two attached hydrogens (primary N) is 1. The summed E-state index contributed by atoms with van der Waals surface area (Å²) in [5, 5.41) is 2.81. The van der Waals surface area contributed by atoms with Crippen LogP contribution in [0.4, 0.5) is 5.82 Å². The Morgan fingerprint density at radius 1 is 0.964 bits per heavy atom. The average molecular weight is 373 g/mol. The van der Waals surface area contributed by atoms with E-state index in [4.69, 9.17) is 10.7 Å². The van der Waals surface area contributed by atoms with Crippen LogP contribution in [0.3, 0.4) is 0 Å². The van der Waals surface area contributed by atoms with Crippen LogP contribution < -0.4 is 16.0 Å². The van der Waals surface area contributed by atoms with Crippen LogP contribution in [-0.2, 0) is 4.79 Å². The van der Waals surface area contributed by atoms with Gasteiger partial charge in [0.15, 0.2) is 5.82 Å².